The first-order chi connectivity index (χ1) is 10.1. The van der Waals surface area contributed by atoms with Crippen LogP contribution in [0.3, 0.4) is 0 Å². The van der Waals surface area contributed by atoms with Gasteiger partial charge in [0.1, 0.15) is 0 Å². The van der Waals surface area contributed by atoms with Gasteiger partial charge in [0.15, 0.2) is 0 Å². The summed E-state index contributed by atoms with van der Waals surface area (Å²) in [6.45, 7) is 0. The standard InChI is InChI=1S/C13H11N3O4S/c17-12(6-9-4-5-21-8-9)14-15-13(18)10-2-1-3-11(7-10)16(19)20/h1-5,7-8H,6H2,(H,14,17)(H,15,18). The Morgan fingerprint density at radius 2 is 2.05 bits per heavy atom. The molecule has 0 aliphatic heterocycles. The topological polar surface area (TPSA) is 101 Å². The fraction of sp³-hybridized carbons (Fsp3) is 0.0769. The van der Waals surface area contributed by atoms with E-state index < -0.39 is 10.8 Å². The summed E-state index contributed by atoms with van der Waals surface area (Å²) in [5.41, 5.74) is 5.24. The van der Waals surface area contributed by atoms with Crippen LogP contribution in [-0.4, -0.2) is 16.7 Å². The van der Waals surface area contributed by atoms with Crippen molar-refractivity contribution in [2.45, 2.75) is 6.42 Å². The van der Waals surface area contributed by atoms with Gasteiger partial charge in [-0.3, -0.25) is 30.6 Å². The first kappa shape index (κ1) is 14.7. The van der Waals surface area contributed by atoms with Gasteiger partial charge < -0.3 is 0 Å². The van der Waals surface area contributed by atoms with Gasteiger partial charge in [0.25, 0.3) is 11.6 Å². The summed E-state index contributed by atoms with van der Waals surface area (Å²) >= 11 is 1.48. The van der Waals surface area contributed by atoms with Crippen molar-refractivity contribution >= 4 is 28.8 Å². The molecule has 0 spiro atoms. The smallest absolute Gasteiger partial charge is 0.270 e. The molecule has 2 N–H and O–H groups in total. The monoisotopic (exact) mass is 305 g/mol. The second-order valence-corrected chi connectivity index (χ2v) is 4.90. The van der Waals surface area contributed by atoms with Crippen LogP contribution in [0.25, 0.3) is 0 Å². The van der Waals surface area contributed by atoms with E-state index in [1.807, 2.05) is 16.8 Å². The normalized spacial score (nSPS) is 9.90. The maximum atomic E-state index is 11.8. The predicted molar refractivity (Wildman–Crippen MR) is 76.7 cm³/mol. The zero-order valence-corrected chi connectivity index (χ0v) is 11.6. The Balaban J connectivity index is 1.91. The Bertz CT molecular complexity index is 670. The van der Waals surface area contributed by atoms with E-state index in [4.69, 9.17) is 0 Å². The molecule has 2 amide bonds. The lowest BCUT2D eigenvalue weighted by molar-refractivity contribution is -0.384. The number of hydrazine groups is 1. The number of non-ortho nitro benzene ring substituents is 1. The molecule has 8 heteroatoms. The Kier molecular flexibility index (Phi) is 4.62. The molecule has 2 rings (SSSR count). The second kappa shape index (κ2) is 6.62. The van der Waals surface area contributed by atoms with Gasteiger partial charge in [-0.05, 0) is 28.5 Å². The summed E-state index contributed by atoms with van der Waals surface area (Å²) in [6.07, 6.45) is 0.152. The molecule has 0 unspecified atom stereocenters. The molecule has 21 heavy (non-hydrogen) atoms. The zero-order valence-electron chi connectivity index (χ0n) is 10.7. The average Bonchev–Trinajstić information content (AvgIpc) is 2.97. The number of nitrogens with one attached hydrogen (secondary N) is 2. The van der Waals surface area contributed by atoms with E-state index in [-0.39, 0.29) is 23.6 Å². The molecule has 0 aliphatic carbocycles. The number of nitrogens with zero attached hydrogens (tertiary/aromatic N) is 1. The van der Waals surface area contributed by atoms with Crippen molar-refractivity contribution in [3.63, 3.8) is 0 Å². The van der Waals surface area contributed by atoms with Crippen LogP contribution in [0.15, 0.2) is 41.1 Å². The van der Waals surface area contributed by atoms with Crippen LogP contribution in [0, 0.1) is 10.1 Å². The fourth-order valence-electron chi connectivity index (χ4n) is 1.58. The first-order valence-corrected chi connectivity index (χ1v) is 6.85. The van der Waals surface area contributed by atoms with Gasteiger partial charge in [0.2, 0.25) is 5.91 Å². The fourth-order valence-corrected chi connectivity index (χ4v) is 2.25. The molecule has 0 saturated carbocycles. The number of carbonyl (C=O) groups is 2. The minimum Gasteiger partial charge on any atom is -0.273 e. The summed E-state index contributed by atoms with van der Waals surface area (Å²) < 4.78 is 0. The summed E-state index contributed by atoms with van der Waals surface area (Å²) in [4.78, 5) is 33.4. The molecule has 0 saturated heterocycles. The molecule has 0 aliphatic rings. The minimum absolute atomic E-state index is 0.0973. The molecule has 1 aromatic heterocycles. The van der Waals surface area contributed by atoms with Crippen LogP contribution in [0.2, 0.25) is 0 Å². The van der Waals surface area contributed by atoms with Crippen molar-refractivity contribution in [3.05, 3.63) is 62.3 Å². The number of benzene rings is 1. The van der Waals surface area contributed by atoms with Crippen LogP contribution in [-0.2, 0) is 11.2 Å². The van der Waals surface area contributed by atoms with Crippen molar-refractivity contribution in [2.24, 2.45) is 0 Å². The van der Waals surface area contributed by atoms with Crippen LogP contribution in [0.4, 0.5) is 5.69 Å². The zero-order chi connectivity index (χ0) is 15.2. The number of hydrogen-bond donors (Lipinski definition) is 2. The third kappa shape index (κ3) is 4.11. The average molecular weight is 305 g/mol. The Morgan fingerprint density at radius 3 is 2.71 bits per heavy atom. The van der Waals surface area contributed by atoms with E-state index in [2.05, 4.69) is 10.9 Å². The Hall–Kier alpha value is -2.74. The third-order valence-electron chi connectivity index (χ3n) is 2.58. The van der Waals surface area contributed by atoms with E-state index in [0.717, 1.165) is 11.6 Å². The predicted octanol–water partition coefficient (Wildman–Crippen LogP) is 1.66. The molecule has 0 radical (unpaired) electrons. The van der Waals surface area contributed by atoms with E-state index in [9.17, 15) is 19.7 Å². The van der Waals surface area contributed by atoms with Gasteiger partial charge in [-0.2, -0.15) is 11.3 Å². The second-order valence-electron chi connectivity index (χ2n) is 4.12. The van der Waals surface area contributed by atoms with Crippen molar-refractivity contribution in [1.82, 2.24) is 10.9 Å². The van der Waals surface area contributed by atoms with E-state index in [0.29, 0.717) is 0 Å². The van der Waals surface area contributed by atoms with Gasteiger partial charge in [0, 0.05) is 17.7 Å². The molecular formula is C13H11N3O4S. The Labute approximate surface area is 123 Å². The number of hydrogen-bond acceptors (Lipinski definition) is 5. The van der Waals surface area contributed by atoms with Crippen LogP contribution >= 0.6 is 11.3 Å². The number of carbonyl (C=O) groups excluding carboxylic acids is 2. The summed E-state index contributed by atoms with van der Waals surface area (Å²) in [5, 5.41) is 14.3. The summed E-state index contributed by atoms with van der Waals surface area (Å²) in [7, 11) is 0. The number of thiophene rings is 1. The molecule has 1 aromatic carbocycles. The molecule has 1 heterocycles. The Morgan fingerprint density at radius 1 is 1.24 bits per heavy atom. The molecular weight excluding hydrogens is 294 g/mol. The first-order valence-electron chi connectivity index (χ1n) is 5.91. The van der Waals surface area contributed by atoms with Gasteiger partial charge in [0.05, 0.1) is 11.3 Å². The minimum atomic E-state index is -0.614. The number of nitro benzene ring substituents is 1. The number of rotatable bonds is 4. The largest absolute Gasteiger partial charge is 0.273 e. The van der Waals surface area contributed by atoms with Crippen molar-refractivity contribution in [2.75, 3.05) is 0 Å². The van der Waals surface area contributed by atoms with Gasteiger partial charge in [-0.25, -0.2) is 0 Å². The SMILES string of the molecule is O=C(Cc1ccsc1)NNC(=O)c1cccc([N+](=O)[O-])c1. The maximum absolute atomic E-state index is 11.8. The van der Waals surface area contributed by atoms with Crippen LogP contribution < -0.4 is 10.9 Å². The highest BCUT2D eigenvalue weighted by molar-refractivity contribution is 7.07. The lowest BCUT2D eigenvalue weighted by Crippen LogP contribution is -2.42. The maximum Gasteiger partial charge on any atom is 0.270 e. The quantitative estimate of drug-likeness (QED) is 0.662. The molecule has 0 atom stereocenters. The van der Waals surface area contributed by atoms with Crippen molar-refractivity contribution in [3.8, 4) is 0 Å². The van der Waals surface area contributed by atoms with E-state index >= 15 is 0 Å². The molecule has 108 valence electrons. The van der Waals surface area contributed by atoms with Crippen LogP contribution in [0.1, 0.15) is 15.9 Å². The van der Waals surface area contributed by atoms with Crippen LogP contribution in [0.5, 0.6) is 0 Å². The number of nitro groups is 1. The highest BCUT2D eigenvalue weighted by Gasteiger charge is 2.12. The van der Waals surface area contributed by atoms with Gasteiger partial charge in [-0.1, -0.05) is 6.07 Å². The molecule has 0 fully saturated rings. The molecule has 7 nitrogen and oxygen atoms in total. The molecule has 2 aromatic rings. The lowest BCUT2D eigenvalue weighted by atomic mass is 10.2. The summed E-state index contributed by atoms with van der Waals surface area (Å²) in [6, 6.07) is 7.06. The van der Waals surface area contributed by atoms with E-state index in [1.54, 1.807) is 0 Å². The van der Waals surface area contributed by atoms with Gasteiger partial charge in [-0.15, -0.1) is 0 Å². The lowest BCUT2D eigenvalue weighted by Gasteiger charge is -2.06. The highest BCUT2D eigenvalue weighted by atomic mass is 32.1. The number of amides is 2. The highest BCUT2D eigenvalue weighted by Crippen LogP contribution is 2.12. The summed E-state index contributed by atoms with van der Waals surface area (Å²) in [5.74, 6) is -0.982. The van der Waals surface area contributed by atoms with Crippen molar-refractivity contribution in [1.29, 1.82) is 0 Å². The van der Waals surface area contributed by atoms with E-state index in [1.165, 1.54) is 29.5 Å². The van der Waals surface area contributed by atoms with Crippen molar-refractivity contribution < 1.29 is 14.5 Å². The third-order valence-corrected chi connectivity index (χ3v) is 3.31. The molecule has 0 bridgehead atoms. The van der Waals surface area contributed by atoms with Gasteiger partial charge >= 0.3 is 0 Å².